The lowest BCUT2D eigenvalue weighted by atomic mass is 9.92. The van der Waals surface area contributed by atoms with Gasteiger partial charge in [-0.25, -0.2) is 0 Å². The molecule has 1 N–H and O–H groups in total. The van der Waals surface area contributed by atoms with Gasteiger partial charge in [0.2, 0.25) is 0 Å². The Hall–Kier alpha value is 0.1000. The molecule has 1 saturated carbocycles. The number of rotatable bonds is 4. The zero-order chi connectivity index (χ0) is 12.6. The van der Waals surface area contributed by atoms with Crippen molar-refractivity contribution in [2.24, 2.45) is 11.3 Å². The highest BCUT2D eigenvalue weighted by molar-refractivity contribution is 9.11. The van der Waals surface area contributed by atoms with Gasteiger partial charge < -0.3 is 10.2 Å². The Morgan fingerprint density at radius 1 is 1.50 bits per heavy atom. The second-order valence-electron chi connectivity index (χ2n) is 5.97. The number of nitrogens with one attached hydrogen (secondary N) is 1. The van der Waals surface area contributed by atoms with Gasteiger partial charge in [-0.1, -0.05) is 0 Å². The fourth-order valence-corrected chi connectivity index (χ4v) is 4.61. The predicted octanol–water partition coefficient (Wildman–Crippen LogP) is 3.33. The maximum absolute atomic E-state index is 3.54. The minimum absolute atomic E-state index is 0.717. The van der Waals surface area contributed by atoms with Crippen LogP contribution in [0.25, 0.3) is 0 Å². The molecule has 4 heteroatoms. The molecule has 1 spiro atoms. The maximum atomic E-state index is 3.54. The molecule has 2 heterocycles. The van der Waals surface area contributed by atoms with Gasteiger partial charge >= 0.3 is 0 Å². The molecule has 18 heavy (non-hydrogen) atoms. The number of halogens is 1. The van der Waals surface area contributed by atoms with Gasteiger partial charge in [-0.15, -0.1) is 11.3 Å². The van der Waals surface area contributed by atoms with Crippen molar-refractivity contribution >= 4 is 27.3 Å². The van der Waals surface area contributed by atoms with Crippen LogP contribution in [0.4, 0.5) is 0 Å². The third-order valence-corrected chi connectivity index (χ3v) is 6.12. The number of hydrogen-bond acceptors (Lipinski definition) is 3. The summed E-state index contributed by atoms with van der Waals surface area (Å²) in [6.45, 7) is 4.83. The molecular weight excluding hydrogens is 308 g/mol. The maximum Gasteiger partial charge on any atom is 0.0701 e. The highest BCUT2D eigenvalue weighted by Gasteiger charge is 2.53. The average Bonchev–Trinajstić information content (AvgIpc) is 2.80. The lowest BCUT2D eigenvalue weighted by Gasteiger charge is -2.25. The summed E-state index contributed by atoms with van der Waals surface area (Å²) in [6, 6.07) is 2.24. The summed E-state index contributed by atoms with van der Waals surface area (Å²) in [5, 5.41) is 5.74. The van der Waals surface area contributed by atoms with Crippen LogP contribution < -0.4 is 5.32 Å². The SMILES string of the molecule is CN(Cc1csc(Br)c1)CC1CC12CCNCC2. The highest BCUT2D eigenvalue weighted by atomic mass is 79.9. The van der Waals surface area contributed by atoms with Gasteiger partial charge in [-0.05, 0) is 83.7 Å². The number of thiophene rings is 1. The van der Waals surface area contributed by atoms with Crippen LogP contribution in [0.15, 0.2) is 15.2 Å². The second kappa shape index (κ2) is 5.23. The minimum atomic E-state index is 0.717. The quantitative estimate of drug-likeness (QED) is 0.911. The van der Waals surface area contributed by atoms with E-state index in [2.05, 4.69) is 44.6 Å². The number of piperidine rings is 1. The molecular formula is C14H21BrN2S. The normalized spacial score (nSPS) is 25.8. The third-order valence-electron chi connectivity index (χ3n) is 4.56. The Labute approximate surface area is 122 Å². The van der Waals surface area contributed by atoms with Crippen molar-refractivity contribution in [3.8, 4) is 0 Å². The molecule has 100 valence electrons. The Bertz CT molecular complexity index is 412. The lowest BCUT2D eigenvalue weighted by molar-refractivity contribution is 0.257. The Kier molecular flexibility index (Phi) is 3.81. The van der Waals surface area contributed by atoms with Gasteiger partial charge in [0, 0.05) is 13.1 Å². The molecule has 2 fully saturated rings. The zero-order valence-corrected chi connectivity index (χ0v) is 13.3. The van der Waals surface area contributed by atoms with E-state index in [-0.39, 0.29) is 0 Å². The first-order chi connectivity index (χ1) is 8.68. The van der Waals surface area contributed by atoms with Crippen molar-refractivity contribution in [3.05, 3.63) is 20.8 Å². The monoisotopic (exact) mass is 328 g/mol. The molecule has 2 nitrogen and oxygen atoms in total. The van der Waals surface area contributed by atoms with E-state index in [1.54, 1.807) is 11.3 Å². The van der Waals surface area contributed by atoms with Crippen LogP contribution in [0.2, 0.25) is 0 Å². The van der Waals surface area contributed by atoms with Gasteiger partial charge in [-0.2, -0.15) is 0 Å². The first-order valence-corrected chi connectivity index (χ1v) is 8.47. The molecule has 1 unspecified atom stereocenters. The van der Waals surface area contributed by atoms with Crippen molar-refractivity contribution < 1.29 is 0 Å². The van der Waals surface area contributed by atoms with Gasteiger partial charge in [-0.3, -0.25) is 0 Å². The molecule has 3 rings (SSSR count). The number of hydrogen-bond donors (Lipinski definition) is 1. The first-order valence-electron chi connectivity index (χ1n) is 6.80. The van der Waals surface area contributed by atoms with Crippen LogP contribution in [-0.4, -0.2) is 31.6 Å². The Balaban J connectivity index is 1.49. The van der Waals surface area contributed by atoms with E-state index in [0.717, 1.165) is 17.9 Å². The summed E-state index contributed by atoms with van der Waals surface area (Å²) in [4.78, 5) is 2.50. The average molecular weight is 329 g/mol. The van der Waals surface area contributed by atoms with E-state index in [4.69, 9.17) is 0 Å². The van der Waals surface area contributed by atoms with Crippen molar-refractivity contribution in [2.45, 2.75) is 25.8 Å². The summed E-state index contributed by atoms with van der Waals surface area (Å²) in [7, 11) is 2.26. The lowest BCUT2D eigenvalue weighted by Crippen LogP contribution is -2.31. The first kappa shape index (κ1) is 13.1. The van der Waals surface area contributed by atoms with E-state index in [0.29, 0.717) is 0 Å². The fourth-order valence-electron chi connectivity index (χ4n) is 3.41. The van der Waals surface area contributed by atoms with Gasteiger partial charge in [0.25, 0.3) is 0 Å². The van der Waals surface area contributed by atoms with E-state index in [1.165, 1.54) is 48.2 Å². The predicted molar refractivity (Wildman–Crippen MR) is 81.0 cm³/mol. The topological polar surface area (TPSA) is 15.3 Å². The van der Waals surface area contributed by atoms with Crippen LogP contribution in [0.3, 0.4) is 0 Å². The van der Waals surface area contributed by atoms with Crippen molar-refractivity contribution in [3.63, 3.8) is 0 Å². The fraction of sp³-hybridized carbons (Fsp3) is 0.714. The smallest absolute Gasteiger partial charge is 0.0701 e. The van der Waals surface area contributed by atoms with Crippen molar-refractivity contribution in [1.82, 2.24) is 10.2 Å². The molecule has 0 radical (unpaired) electrons. The summed E-state index contributed by atoms with van der Waals surface area (Å²) < 4.78 is 1.24. The van der Waals surface area contributed by atoms with Gasteiger partial charge in [0.05, 0.1) is 3.79 Å². The van der Waals surface area contributed by atoms with Crippen LogP contribution in [0.5, 0.6) is 0 Å². The molecule has 0 bridgehead atoms. The van der Waals surface area contributed by atoms with E-state index in [1.807, 2.05) is 0 Å². The van der Waals surface area contributed by atoms with Crippen molar-refractivity contribution in [2.75, 3.05) is 26.7 Å². The molecule has 0 amide bonds. The largest absolute Gasteiger partial charge is 0.317 e. The summed E-state index contributed by atoms with van der Waals surface area (Å²) in [6.07, 6.45) is 4.26. The summed E-state index contributed by atoms with van der Waals surface area (Å²) >= 11 is 5.32. The van der Waals surface area contributed by atoms with Crippen LogP contribution in [-0.2, 0) is 6.54 Å². The highest BCUT2D eigenvalue weighted by Crippen LogP contribution is 2.58. The molecule has 2 aliphatic rings. The van der Waals surface area contributed by atoms with Crippen molar-refractivity contribution in [1.29, 1.82) is 0 Å². The van der Waals surface area contributed by atoms with E-state index in [9.17, 15) is 0 Å². The van der Waals surface area contributed by atoms with E-state index >= 15 is 0 Å². The number of nitrogens with zero attached hydrogens (tertiary/aromatic N) is 1. The Morgan fingerprint density at radius 2 is 2.28 bits per heavy atom. The van der Waals surface area contributed by atoms with Crippen LogP contribution in [0.1, 0.15) is 24.8 Å². The zero-order valence-electron chi connectivity index (χ0n) is 10.9. The summed E-state index contributed by atoms with van der Waals surface area (Å²) in [5.74, 6) is 0.951. The minimum Gasteiger partial charge on any atom is -0.317 e. The third kappa shape index (κ3) is 2.82. The molecule has 0 aromatic carbocycles. The molecule has 1 aromatic rings. The summed E-state index contributed by atoms with van der Waals surface area (Å²) in [5.41, 5.74) is 2.16. The standard InChI is InChI=1S/C14H21BrN2S/c1-17(8-11-6-13(15)18-10-11)9-12-7-14(12)2-4-16-5-3-14/h6,10,12,16H,2-5,7-9H2,1H3. The van der Waals surface area contributed by atoms with Gasteiger partial charge in [0.1, 0.15) is 0 Å². The second-order valence-corrected chi connectivity index (χ2v) is 8.26. The van der Waals surface area contributed by atoms with Gasteiger partial charge in [0.15, 0.2) is 0 Å². The van der Waals surface area contributed by atoms with E-state index < -0.39 is 0 Å². The molecule has 1 aromatic heterocycles. The van der Waals surface area contributed by atoms with Crippen LogP contribution >= 0.6 is 27.3 Å². The molecule has 1 saturated heterocycles. The Morgan fingerprint density at radius 3 is 2.94 bits per heavy atom. The molecule has 1 aliphatic carbocycles. The molecule has 1 aliphatic heterocycles. The molecule has 1 atom stereocenters. The van der Waals surface area contributed by atoms with Crippen LogP contribution in [0, 0.1) is 11.3 Å².